The lowest BCUT2D eigenvalue weighted by molar-refractivity contribution is -0.384. The number of aryl methyl sites for hydroxylation is 1. The number of aromatic nitrogens is 1. The zero-order chi connectivity index (χ0) is 22.4. The Kier molecular flexibility index (Phi) is 7.49. The summed E-state index contributed by atoms with van der Waals surface area (Å²) in [5.74, 6) is 0.595. The molecule has 3 rings (SSSR count). The van der Waals surface area contributed by atoms with Crippen LogP contribution >= 0.6 is 23.4 Å². The number of nitro groups is 1. The first-order valence-corrected chi connectivity index (χ1v) is 11.0. The van der Waals surface area contributed by atoms with Gasteiger partial charge in [-0.15, -0.1) is 11.8 Å². The molecule has 0 fully saturated rings. The monoisotopic (exact) mass is 456 g/mol. The number of nitrogens with zero attached hydrogens (tertiary/aromatic N) is 3. The van der Waals surface area contributed by atoms with E-state index in [9.17, 15) is 14.9 Å². The Morgan fingerprint density at radius 1 is 1.23 bits per heavy atom. The van der Waals surface area contributed by atoms with Crippen molar-refractivity contribution in [3.05, 3.63) is 92.2 Å². The van der Waals surface area contributed by atoms with E-state index >= 15 is 0 Å². The molecule has 1 amide bonds. The first-order valence-electron chi connectivity index (χ1n) is 9.43. The molecular formula is C22H21ClN4O3S. The normalized spacial score (nSPS) is 11.1. The van der Waals surface area contributed by atoms with Crippen molar-refractivity contribution in [1.29, 1.82) is 0 Å². The lowest BCUT2D eigenvalue weighted by atomic mass is 10.2. The van der Waals surface area contributed by atoms with Gasteiger partial charge in [-0.2, -0.15) is 5.10 Å². The number of rotatable bonds is 8. The number of halogens is 1. The maximum atomic E-state index is 12.0. The fraction of sp³-hybridized carbons (Fsp3) is 0.182. The summed E-state index contributed by atoms with van der Waals surface area (Å²) >= 11 is 7.52. The maximum Gasteiger partial charge on any atom is 0.269 e. The molecule has 2 aromatic carbocycles. The molecule has 1 heterocycles. The van der Waals surface area contributed by atoms with Crippen molar-refractivity contribution in [3.8, 4) is 5.69 Å². The molecule has 31 heavy (non-hydrogen) atoms. The van der Waals surface area contributed by atoms with Crippen LogP contribution in [0.1, 0.15) is 22.5 Å². The second-order valence-electron chi connectivity index (χ2n) is 6.85. The maximum absolute atomic E-state index is 12.0. The number of nitro benzene ring substituents is 1. The van der Waals surface area contributed by atoms with Gasteiger partial charge in [0, 0.05) is 45.5 Å². The number of benzene rings is 2. The average molecular weight is 457 g/mol. The van der Waals surface area contributed by atoms with Crippen molar-refractivity contribution in [2.75, 3.05) is 5.75 Å². The summed E-state index contributed by atoms with van der Waals surface area (Å²) in [7, 11) is 0. The van der Waals surface area contributed by atoms with Crippen LogP contribution in [0, 0.1) is 24.0 Å². The Morgan fingerprint density at radius 3 is 2.65 bits per heavy atom. The quantitative estimate of drug-likeness (QED) is 0.292. The minimum Gasteiger partial charge on any atom is -0.318 e. The highest BCUT2D eigenvalue weighted by Gasteiger charge is 2.10. The van der Waals surface area contributed by atoms with Crippen molar-refractivity contribution in [1.82, 2.24) is 9.99 Å². The molecular weight excluding hydrogens is 436 g/mol. The summed E-state index contributed by atoms with van der Waals surface area (Å²) in [5, 5.41) is 15.4. The van der Waals surface area contributed by atoms with Crippen LogP contribution in [0.2, 0.25) is 5.02 Å². The Labute approximate surface area is 189 Å². The zero-order valence-corrected chi connectivity index (χ0v) is 18.6. The Balaban J connectivity index is 1.53. The number of nitrogens with one attached hydrogen (secondary N) is 1. The number of non-ortho nitro benzene ring substituents is 1. The number of hydrazone groups is 1. The number of thioether (sulfide) groups is 1. The lowest BCUT2D eigenvalue weighted by Gasteiger charge is -2.09. The van der Waals surface area contributed by atoms with Crippen molar-refractivity contribution in [2.45, 2.75) is 19.6 Å². The summed E-state index contributed by atoms with van der Waals surface area (Å²) in [5.41, 5.74) is 7.40. The molecule has 160 valence electrons. The van der Waals surface area contributed by atoms with Gasteiger partial charge >= 0.3 is 0 Å². The van der Waals surface area contributed by atoms with E-state index in [-0.39, 0.29) is 17.3 Å². The third kappa shape index (κ3) is 5.96. The van der Waals surface area contributed by atoms with Gasteiger partial charge in [0.25, 0.3) is 5.69 Å². The van der Waals surface area contributed by atoms with Gasteiger partial charge < -0.3 is 4.57 Å². The fourth-order valence-electron chi connectivity index (χ4n) is 3.11. The molecule has 1 N–H and O–H groups in total. The summed E-state index contributed by atoms with van der Waals surface area (Å²) in [6.45, 7) is 3.98. The second kappa shape index (κ2) is 10.3. The van der Waals surface area contributed by atoms with E-state index in [1.165, 1.54) is 23.9 Å². The largest absolute Gasteiger partial charge is 0.318 e. The molecule has 0 saturated heterocycles. The predicted molar refractivity (Wildman–Crippen MR) is 125 cm³/mol. The highest BCUT2D eigenvalue weighted by molar-refractivity contribution is 7.99. The van der Waals surface area contributed by atoms with E-state index in [1.807, 2.05) is 44.2 Å². The Morgan fingerprint density at radius 2 is 1.97 bits per heavy atom. The van der Waals surface area contributed by atoms with Gasteiger partial charge in [-0.25, -0.2) is 5.43 Å². The second-order valence-corrected chi connectivity index (χ2v) is 8.27. The molecule has 1 aromatic heterocycles. The molecule has 0 aliphatic rings. The van der Waals surface area contributed by atoms with E-state index in [0.717, 1.165) is 28.2 Å². The minimum absolute atomic E-state index is 0.0514. The minimum atomic E-state index is -0.436. The van der Waals surface area contributed by atoms with Gasteiger partial charge in [-0.1, -0.05) is 29.8 Å². The van der Waals surface area contributed by atoms with E-state index in [2.05, 4.69) is 15.1 Å². The van der Waals surface area contributed by atoms with Crippen molar-refractivity contribution >= 4 is 41.2 Å². The third-order valence-corrected chi connectivity index (χ3v) is 5.82. The molecule has 0 radical (unpaired) electrons. The van der Waals surface area contributed by atoms with Crippen LogP contribution in [0.15, 0.2) is 59.7 Å². The van der Waals surface area contributed by atoms with Crippen LogP contribution < -0.4 is 5.43 Å². The van der Waals surface area contributed by atoms with E-state index in [0.29, 0.717) is 10.8 Å². The number of carbonyl (C=O) groups is 1. The van der Waals surface area contributed by atoms with Gasteiger partial charge in [-0.05, 0) is 43.7 Å². The molecule has 0 atom stereocenters. The highest BCUT2D eigenvalue weighted by Crippen LogP contribution is 2.22. The van der Waals surface area contributed by atoms with E-state index in [4.69, 9.17) is 11.6 Å². The number of hydrogen-bond donors (Lipinski definition) is 1. The molecule has 0 bridgehead atoms. The Hall–Kier alpha value is -3.10. The predicted octanol–water partition coefficient (Wildman–Crippen LogP) is 5.04. The Bertz CT molecular complexity index is 1130. The van der Waals surface area contributed by atoms with Crippen LogP contribution in [0.4, 0.5) is 5.69 Å². The number of amides is 1. The molecule has 3 aromatic rings. The van der Waals surface area contributed by atoms with Crippen LogP contribution in [0.25, 0.3) is 5.69 Å². The zero-order valence-electron chi connectivity index (χ0n) is 17.0. The molecule has 0 saturated carbocycles. The van der Waals surface area contributed by atoms with Crippen molar-refractivity contribution < 1.29 is 9.72 Å². The van der Waals surface area contributed by atoms with Crippen molar-refractivity contribution in [2.24, 2.45) is 5.10 Å². The molecule has 0 spiro atoms. The topological polar surface area (TPSA) is 89.5 Å². The van der Waals surface area contributed by atoms with Gasteiger partial charge in [0.05, 0.1) is 16.9 Å². The summed E-state index contributed by atoms with van der Waals surface area (Å²) in [6, 6.07) is 15.9. The fourth-order valence-corrected chi connectivity index (χ4v) is 4.08. The number of hydrogen-bond acceptors (Lipinski definition) is 5. The van der Waals surface area contributed by atoms with Crippen LogP contribution in [-0.4, -0.2) is 27.4 Å². The summed E-state index contributed by atoms with van der Waals surface area (Å²) in [6.07, 6.45) is 1.63. The smallest absolute Gasteiger partial charge is 0.269 e. The third-order valence-electron chi connectivity index (χ3n) is 4.58. The van der Waals surface area contributed by atoms with E-state index < -0.39 is 4.92 Å². The first-order chi connectivity index (χ1) is 14.8. The van der Waals surface area contributed by atoms with Crippen LogP contribution in [0.3, 0.4) is 0 Å². The summed E-state index contributed by atoms with van der Waals surface area (Å²) in [4.78, 5) is 22.3. The van der Waals surface area contributed by atoms with Gasteiger partial charge in [0.1, 0.15) is 0 Å². The SMILES string of the molecule is Cc1cc(/C=N\NC(=O)CSCc2ccc([N+](=O)[O-])cc2)c(C)n1-c1cccc(Cl)c1. The van der Waals surface area contributed by atoms with E-state index in [1.54, 1.807) is 18.3 Å². The van der Waals surface area contributed by atoms with Gasteiger partial charge in [0.2, 0.25) is 5.91 Å². The van der Waals surface area contributed by atoms with Crippen LogP contribution in [0.5, 0.6) is 0 Å². The molecule has 0 unspecified atom stereocenters. The highest BCUT2D eigenvalue weighted by atomic mass is 35.5. The summed E-state index contributed by atoms with van der Waals surface area (Å²) < 4.78 is 2.08. The van der Waals surface area contributed by atoms with Gasteiger partial charge in [-0.3, -0.25) is 14.9 Å². The standard InChI is InChI=1S/C22H21ClN4O3S/c1-15-10-18(16(2)26(15)21-5-3-4-19(23)11-21)12-24-25-22(28)14-31-13-17-6-8-20(9-7-17)27(29)30/h3-12H,13-14H2,1-2H3,(H,25,28)/b24-12-. The van der Waals surface area contributed by atoms with Gasteiger partial charge in [0.15, 0.2) is 0 Å². The lowest BCUT2D eigenvalue weighted by Crippen LogP contribution is -2.19. The molecule has 0 aliphatic carbocycles. The average Bonchev–Trinajstić information content (AvgIpc) is 3.01. The number of carbonyl (C=O) groups excluding carboxylic acids is 1. The first kappa shape index (κ1) is 22.6. The van der Waals surface area contributed by atoms with Crippen LogP contribution in [-0.2, 0) is 10.5 Å². The molecule has 9 heteroatoms. The van der Waals surface area contributed by atoms with Crippen molar-refractivity contribution in [3.63, 3.8) is 0 Å². The molecule has 7 nitrogen and oxygen atoms in total. The molecule has 0 aliphatic heterocycles.